The molecule has 0 bridgehead atoms. The topological polar surface area (TPSA) is 60.6 Å². The molecule has 0 aliphatic rings. The first-order valence-electron chi connectivity index (χ1n) is 6.03. The van der Waals surface area contributed by atoms with Gasteiger partial charge in [0, 0.05) is 30.9 Å². The second-order valence-electron chi connectivity index (χ2n) is 5.45. The molecule has 6 heteroatoms. The molecule has 0 spiro atoms. The van der Waals surface area contributed by atoms with Gasteiger partial charge in [-0.25, -0.2) is 4.98 Å². The lowest BCUT2D eigenvalue weighted by Gasteiger charge is -2.19. The summed E-state index contributed by atoms with van der Waals surface area (Å²) in [6.45, 7) is 7.92. The van der Waals surface area contributed by atoms with E-state index in [2.05, 4.69) is 41.3 Å². The molecule has 6 nitrogen and oxygen atoms in total. The van der Waals surface area contributed by atoms with Crippen molar-refractivity contribution in [2.75, 3.05) is 0 Å². The molecule has 1 N–H and O–H groups in total. The first-order chi connectivity index (χ1) is 8.44. The highest BCUT2D eigenvalue weighted by atomic mass is 15.3. The van der Waals surface area contributed by atoms with Crippen LogP contribution < -0.4 is 5.32 Å². The maximum Gasteiger partial charge on any atom is 0.148 e. The van der Waals surface area contributed by atoms with E-state index in [0.717, 1.165) is 12.4 Å². The number of hydrogen-bond acceptors (Lipinski definition) is 4. The van der Waals surface area contributed by atoms with E-state index < -0.39 is 0 Å². The van der Waals surface area contributed by atoms with Gasteiger partial charge in [-0.3, -0.25) is 9.36 Å². The highest BCUT2D eigenvalue weighted by Crippen LogP contribution is 2.04. The molecule has 0 saturated heterocycles. The van der Waals surface area contributed by atoms with E-state index in [1.165, 1.54) is 5.56 Å². The summed E-state index contributed by atoms with van der Waals surface area (Å²) in [5.74, 6) is 0.897. The van der Waals surface area contributed by atoms with Gasteiger partial charge < -0.3 is 5.32 Å². The van der Waals surface area contributed by atoms with Crippen LogP contribution in [0.3, 0.4) is 0 Å². The van der Waals surface area contributed by atoms with E-state index in [1.807, 2.05) is 24.1 Å². The van der Waals surface area contributed by atoms with Crippen molar-refractivity contribution in [3.63, 3.8) is 0 Å². The van der Waals surface area contributed by atoms with Crippen LogP contribution in [0.15, 0.2) is 18.7 Å². The molecule has 0 fully saturated rings. The first-order valence-corrected chi connectivity index (χ1v) is 6.03. The number of nitrogens with one attached hydrogen (secondary N) is 1. The van der Waals surface area contributed by atoms with Crippen molar-refractivity contribution in [1.29, 1.82) is 0 Å². The molecule has 2 heterocycles. The Balaban J connectivity index is 1.96. The number of hydrogen-bond donors (Lipinski definition) is 1. The molecule has 0 saturated carbocycles. The van der Waals surface area contributed by atoms with E-state index in [1.54, 1.807) is 11.0 Å². The van der Waals surface area contributed by atoms with Gasteiger partial charge in [0.15, 0.2) is 0 Å². The molecule has 0 atom stereocenters. The van der Waals surface area contributed by atoms with Crippen molar-refractivity contribution in [3.05, 3.63) is 30.1 Å². The van der Waals surface area contributed by atoms with E-state index in [9.17, 15) is 0 Å². The Morgan fingerprint density at radius 2 is 2.06 bits per heavy atom. The van der Waals surface area contributed by atoms with Gasteiger partial charge in [0.1, 0.15) is 18.7 Å². The molecular weight excluding hydrogens is 228 g/mol. The SMILES string of the molecule is Cn1ncnc1Cn1cc(CNC(C)(C)C)cn1. The summed E-state index contributed by atoms with van der Waals surface area (Å²) in [6, 6.07) is 0. The fourth-order valence-electron chi connectivity index (χ4n) is 1.56. The summed E-state index contributed by atoms with van der Waals surface area (Å²) in [5.41, 5.74) is 1.29. The van der Waals surface area contributed by atoms with Crippen LogP contribution >= 0.6 is 0 Å². The molecule has 0 aromatic carbocycles. The van der Waals surface area contributed by atoms with E-state index >= 15 is 0 Å². The van der Waals surface area contributed by atoms with Crippen LogP contribution in [0.1, 0.15) is 32.2 Å². The van der Waals surface area contributed by atoms with Gasteiger partial charge in [-0.1, -0.05) is 0 Å². The summed E-state index contributed by atoms with van der Waals surface area (Å²) in [4.78, 5) is 4.18. The molecule has 98 valence electrons. The molecular formula is C12H20N6. The molecule has 2 rings (SSSR count). The van der Waals surface area contributed by atoms with Gasteiger partial charge in [0.2, 0.25) is 0 Å². The van der Waals surface area contributed by atoms with Gasteiger partial charge in [-0.15, -0.1) is 0 Å². The number of rotatable bonds is 4. The Kier molecular flexibility index (Phi) is 3.47. The van der Waals surface area contributed by atoms with E-state index in [4.69, 9.17) is 0 Å². The Labute approximate surface area is 107 Å². The summed E-state index contributed by atoms with van der Waals surface area (Å²) in [6.07, 6.45) is 5.48. The van der Waals surface area contributed by atoms with Crippen LogP contribution in [-0.4, -0.2) is 30.1 Å². The quantitative estimate of drug-likeness (QED) is 0.875. The molecule has 0 radical (unpaired) electrons. The smallest absolute Gasteiger partial charge is 0.148 e. The summed E-state index contributed by atoms with van der Waals surface area (Å²) >= 11 is 0. The van der Waals surface area contributed by atoms with Crippen LogP contribution in [0, 0.1) is 0 Å². The summed E-state index contributed by atoms with van der Waals surface area (Å²) < 4.78 is 3.64. The molecule has 0 unspecified atom stereocenters. The lowest BCUT2D eigenvalue weighted by atomic mass is 10.1. The van der Waals surface area contributed by atoms with Crippen LogP contribution in [0.4, 0.5) is 0 Å². The summed E-state index contributed by atoms with van der Waals surface area (Å²) in [5, 5.41) is 11.8. The van der Waals surface area contributed by atoms with E-state index in [-0.39, 0.29) is 5.54 Å². The zero-order valence-electron chi connectivity index (χ0n) is 11.4. The van der Waals surface area contributed by atoms with Crippen molar-refractivity contribution in [3.8, 4) is 0 Å². The minimum atomic E-state index is 0.117. The number of aryl methyl sites for hydroxylation is 1. The normalized spacial score (nSPS) is 12.0. The largest absolute Gasteiger partial charge is 0.308 e. The molecule has 18 heavy (non-hydrogen) atoms. The number of nitrogens with zero attached hydrogens (tertiary/aromatic N) is 5. The lowest BCUT2D eigenvalue weighted by molar-refractivity contribution is 0.424. The Morgan fingerprint density at radius 1 is 1.28 bits per heavy atom. The van der Waals surface area contributed by atoms with Gasteiger partial charge in [-0.2, -0.15) is 10.2 Å². The van der Waals surface area contributed by atoms with Crippen molar-refractivity contribution in [1.82, 2.24) is 29.9 Å². The Bertz CT molecular complexity index is 505. The summed E-state index contributed by atoms with van der Waals surface area (Å²) in [7, 11) is 1.88. The monoisotopic (exact) mass is 248 g/mol. The Morgan fingerprint density at radius 3 is 2.67 bits per heavy atom. The molecule has 0 aliphatic heterocycles. The van der Waals surface area contributed by atoms with E-state index in [0.29, 0.717) is 6.54 Å². The Hall–Kier alpha value is -1.69. The molecule has 2 aromatic heterocycles. The second kappa shape index (κ2) is 4.89. The first kappa shape index (κ1) is 12.8. The molecule has 0 aliphatic carbocycles. The second-order valence-corrected chi connectivity index (χ2v) is 5.45. The fourth-order valence-corrected chi connectivity index (χ4v) is 1.56. The van der Waals surface area contributed by atoms with Gasteiger partial charge in [0.05, 0.1) is 6.20 Å². The van der Waals surface area contributed by atoms with Crippen molar-refractivity contribution in [2.24, 2.45) is 7.05 Å². The van der Waals surface area contributed by atoms with Gasteiger partial charge >= 0.3 is 0 Å². The lowest BCUT2D eigenvalue weighted by Crippen LogP contribution is -2.34. The minimum absolute atomic E-state index is 0.117. The highest BCUT2D eigenvalue weighted by molar-refractivity contribution is 5.05. The average molecular weight is 248 g/mol. The third kappa shape index (κ3) is 3.40. The maximum absolute atomic E-state index is 4.33. The number of aromatic nitrogens is 5. The van der Waals surface area contributed by atoms with Crippen molar-refractivity contribution >= 4 is 0 Å². The van der Waals surface area contributed by atoms with Crippen LogP contribution in [0.25, 0.3) is 0 Å². The fraction of sp³-hybridized carbons (Fsp3) is 0.583. The third-order valence-electron chi connectivity index (χ3n) is 2.62. The van der Waals surface area contributed by atoms with Crippen LogP contribution in [0.2, 0.25) is 0 Å². The standard InChI is InChI=1S/C12H20N6/c1-12(2,3)14-5-10-6-15-18(7-10)8-11-13-9-16-17(11)4/h6-7,9,14H,5,8H2,1-4H3. The molecule has 0 amide bonds. The zero-order valence-corrected chi connectivity index (χ0v) is 11.4. The highest BCUT2D eigenvalue weighted by Gasteiger charge is 2.09. The van der Waals surface area contributed by atoms with Crippen LogP contribution in [-0.2, 0) is 20.1 Å². The van der Waals surface area contributed by atoms with Gasteiger partial charge in [-0.05, 0) is 20.8 Å². The van der Waals surface area contributed by atoms with Crippen molar-refractivity contribution < 1.29 is 0 Å². The van der Waals surface area contributed by atoms with Gasteiger partial charge in [0.25, 0.3) is 0 Å². The maximum atomic E-state index is 4.33. The van der Waals surface area contributed by atoms with Crippen molar-refractivity contribution in [2.45, 2.75) is 39.4 Å². The zero-order chi connectivity index (χ0) is 13.2. The van der Waals surface area contributed by atoms with Crippen LogP contribution in [0.5, 0.6) is 0 Å². The minimum Gasteiger partial charge on any atom is -0.308 e. The third-order valence-corrected chi connectivity index (χ3v) is 2.62. The predicted octanol–water partition coefficient (Wildman–Crippen LogP) is 0.948. The molecule has 2 aromatic rings. The average Bonchev–Trinajstić information content (AvgIpc) is 2.86. The predicted molar refractivity (Wildman–Crippen MR) is 68.9 cm³/mol.